The lowest BCUT2D eigenvalue weighted by Gasteiger charge is -2.28. The van der Waals surface area contributed by atoms with Crippen molar-refractivity contribution in [3.63, 3.8) is 0 Å². The number of rotatable bonds is 2. The van der Waals surface area contributed by atoms with Crippen molar-refractivity contribution in [1.29, 1.82) is 5.26 Å². The van der Waals surface area contributed by atoms with Crippen molar-refractivity contribution in [2.45, 2.75) is 5.92 Å². The van der Waals surface area contributed by atoms with E-state index in [-0.39, 0.29) is 22.8 Å². The fraction of sp³-hybridized carbons (Fsp3) is 0.235. The third-order valence-electron chi connectivity index (χ3n) is 4.45. The quantitative estimate of drug-likeness (QED) is 0.811. The summed E-state index contributed by atoms with van der Waals surface area (Å²) < 4.78 is 7.43. The average molecular weight is 374 g/mol. The fourth-order valence-corrected chi connectivity index (χ4v) is 3.36. The van der Waals surface area contributed by atoms with Gasteiger partial charge in [0.05, 0.1) is 35.3 Å². The van der Waals surface area contributed by atoms with Crippen LogP contribution in [0.4, 0.5) is 5.82 Å². The van der Waals surface area contributed by atoms with E-state index in [0.29, 0.717) is 16.3 Å². The van der Waals surface area contributed by atoms with E-state index in [0.717, 1.165) is 4.57 Å². The van der Waals surface area contributed by atoms with Crippen LogP contribution in [0.15, 0.2) is 39.2 Å². The summed E-state index contributed by atoms with van der Waals surface area (Å²) in [6, 6.07) is 7.03. The van der Waals surface area contributed by atoms with Crippen LogP contribution in [0.1, 0.15) is 17.0 Å². The standard InChI is InChI=1S/C17H16ClN5O3/c1-22-15-13(16(24)23(2)17(22)25)12(9(7-19)14(20)21-15)8-4-5-11(26-3)10(18)6-8/h4-6,12,21H,20H2,1-3H3/t12-/m1/s1. The van der Waals surface area contributed by atoms with Gasteiger partial charge >= 0.3 is 5.69 Å². The first kappa shape index (κ1) is 17.6. The molecular weight excluding hydrogens is 358 g/mol. The van der Waals surface area contributed by atoms with Gasteiger partial charge in [-0.25, -0.2) is 4.79 Å². The van der Waals surface area contributed by atoms with Gasteiger partial charge in [-0.3, -0.25) is 13.9 Å². The Morgan fingerprint density at radius 2 is 2.00 bits per heavy atom. The highest BCUT2D eigenvalue weighted by Gasteiger charge is 2.34. The van der Waals surface area contributed by atoms with E-state index < -0.39 is 17.2 Å². The second kappa shape index (κ2) is 6.28. The van der Waals surface area contributed by atoms with Gasteiger partial charge in [-0.2, -0.15) is 5.26 Å². The number of hydrogen-bond donors (Lipinski definition) is 2. The SMILES string of the molecule is COc1ccc([C@@H]2C(C#N)=C(N)Nc3c2c(=O)n(C)c(=O)n3C)cc1Cl. The third-order valence-corrected chi connectivity index (χ3v) is 4.75. The van der Waals surface area contributed by atoms with Crippen molar-refractivity contribution in [2.24, 2.45) is 19.8 Å². The molecule has 3 N–H and O–H groups in total. The number of hydrogen-bond acceptors (Lipinski definition) is 6. The molecular formula is C17H16ClN5O3. The molecule has 0 amide bonds. The molecule has 0 fully saturated rings. The molecule has 0 aliphatic carbocycles. The number of anilines is 1. The fourth-order valence-electron chi connectivity index (χ4n) is 3.10. The molecule has 2 heterocycles. The number of fused-ring (bicyclic) bond motifs is 1. The zero-order valence-electron chi connectivity index (χ0n) is 14.3. The largest absolute Gasteiger partial charge is 0.495 e. The van der Waals surface area contributed by atoms with Crippen LogP contribution in [0.25, 0.3) is 0 Å². The summed E-state index contributed by atoms with van der Waals surface area (Å²) in [5.74, 6) is 0.0466. The molecule has 0 unspecified atom stereocenters. The monoisotopic (exact) mass is 373 g/mol. The molecule has 1 atom stereocenters. The minimum Gasteiger partial charge on any atom is -0.495 e. The molecule has 9 heteroatoms. The Morgan fingerprint density at radius 1 is 1.31 bits per heavy atom. The second-order valence-corrected chi connectivity index (χ2v) is 6.27. The number of allylic oxidation sites excluding steroid dienone is 1. The number of benzene rings is 1. The zero-order chi connectivity index (χ0) is 19.2. The summed E-state index contributed by atoms with van der Waals surface area (Å²) in [6.45, 7) is 0. The molecule has 0 spiro atoms. The predicted molar refractivity (Wildman–Crippen MR) is 97.2 cm³/mol. The highest BCUT2D eigenvalue weighted by Crippen LogP contribution is 2.40. The topological polar surface area (TPSA) is 115 Å². The van der Waals surface area contributed by atoms with Crippen LogP contribution in [-0.4, -0.2) is 16.2 Å². The van der Waals surface area contributed by atoms with Crippen LogP contribution in [0.3, 0.4) is 0 Å². The molecule has 3 rings (SSSR count). The molecule has 1 aromatic carbocycles. The van der Waals surface area contributed by atoms with Gasteiger partial charge in [-0.05, 0) is 17.7 Å². The minimum atomic E-state index is -0.759. The Bertz CT molecular complexity index is 1110. The van der Waals surface area contributed by atoms with Gasteiger partial charge in [-0.1, -0.05) is 17.7 Å². The van der Waals surface area contributed by atoms with Crippen molar-refractivity contribution in [2.75, 3.05) is 12.4 Å². The number of halogens is 1. The smallest absolute Gasteiger partial charge is 0.332 e. The van der Waals surface area contributed by atoms with Crippen LogP contribution >= 0.6 is 11.6 Å². The molecule has 8 nitrogen and oxygen atoms in total. The molecule has 0 saturated carbocycles. The van der Waals surface area contributed by atoms with Crippen LogP contribution < -0.4 is 27.0 Å². The van der Waals surface area contributed by atoms with E-state index in [1.807, 2.05) is 0 Å². The molecule has 26 heavy (non-hydrogen) atoms. The van der Waals surface area contributed by atoms with Crippen LogP contribution in [0, 0.1) is 11.3 Å². The molecule has 134 valence electrons. The lowest BCUT2D eigenvalue weighted by Crippen LogP contribution is -2.43. The van der Waals surface area contributed by atoms with Crippen LogP contribution in [0.5, 0.6) is 5.75 Å². The number of nitrogens with zero attached hydrogens (tertiary/aromatic N) is 3. The molecule has 1 aromatic heterocycles. The van der Waals surface area contributed by atoms with Crippen molar-refractivity contribution >= 4 is 17.4 Å². The molecule has 1 aliphatic rings. The van der Waals surface area contributed by atoms with E-state index >= 15 is 0 Å². The molecule has 0 saturated heterocycles. The molecule has 1 aliphatic heterocycles. The lowest BCUT2D eigenvalue weighted by molar-refractivity contribution is 0.415. The number of ether oxygens (including phenoxy) is 1. The van der Waals surface area contributed by atoms with Crippen molar-refractivity contribution < 1.29 is 4.74 Å². The van der Waals surface area contributed by atoms with Gasteiger partial charge in [0.2, 0.25) is 0 Å². The molecule has 0 bridgehead atoms. The first-order valence-electron chi connectivity index (χ1n) is 7.61. The average Bonchev–Trinajstić information content (AvgIpc) is 2.63. The van der Waals surface area contributed by atoms with Gasteiger partial charge in [0.25, 0.3) is 5.56 Å². The maximum Gasteiger partial charge on any atom is 0.332 e. The lowest BCUT2D eigenvalue weighted by atomic mass is 9.84. The highest BCUT2D eigenvalue weighted by atomic mass is 35.5. The number of nitrogens with two attached hydrogens (primary N) is 1. The van der Waals surface area contributed by atoms with Gasteiger partial charge in [-0.15, -0.1) is 0 Å². The van der Waals surface area contributed by atoms with E-state index in [1.165, 1.54) is 25.8 Å². The molecule has 2 aromatic rings. The summed E-state index contributed by atoms with van der Waals surface area (Å²) in [5.41, 5.74) is 6.01. The summed E-state index contributed by atoms with van der Waals surface area (Å²) >= 11 is 6.22. The van der Waals surface area contributed by atoms with Crippen molar-refractivity contribution in [1.82, 2.24) is 9.13 Å². The van der Waals surface area contributed by atoms with Crippen molar-refractivity contribution in [3.05, 3.63) is 66.6 Å². The summed E-state index contributed by atoms with van der Waals surface area (Å²) in [6.07, 6.45) is 0. The normalized spacial score (nSPS) is 15.9. The number of nitriles is 1. The third kappa shape index (κ3) is 2.45. The predicted octanol–water partition coefficient (Wildman–Crippen LogP) is 0.997. The second-order valence-electron chi connectivity index (χ2n) is 5.86. The van der Waals surface area contributed by atoms with Gasteiger partial charge in [0, 0.05) is 14.1 Å². The number of aromatic nitrogens is 2. The maximum absolute atomic E-state index is 12.8. The maximum atomic E-state index is 12.8. The summed E-state index contributed by atoms with van der Waals surface area (Å²) in [4.78, 5) is 25.1. The Hall–Kier alpha value is -3.18. The van der Waals surface area contributed by atoms with Crippen molar-refractivity contribution in [3.8, 4) is 11.8 Å². The van der Waals surface area contributed by atoms with E-state index in [9.17, 15) is 14.9 Å². The first-order chi connectivity index (χ1) is 12.3. The number of methoxy groups -OCH3 is 1. The van der Waals surface area contributed by atoms with E-state index in [4.69, 9.17) is 22.1 Å². The highest BCUT2D eigenvalue weighted by molar-refractivity contribution is 6.32. The Labute approximate surface area is 153 Å². The van der Waals surface area contributed by atoms with E-state index in [1.54, 1.807) is 18.2 Å². The van der Waals surface area contributed by atoms with Gasteiger partial charge in [0.15, 0.2) is 0 Å². The van der Waals surface area contributed by atoms with Gasteiger partial charge < -0.3 is 15.8 Å². The first-order valence-corrected chi connectivity index (χ1v) is 7.99. The minimum absolute atomic E-state index is 0.0835. The van der Waals surface area contributed by atoms with Crippen LogP contribution in [0.2, 0.25) is 5.02 Å². The van der Waals surface area contributed by atoms with E-state index in [2.05, 4.69) is 11.4 Å². The zero-order valence-corrected chi connectivity index (χ0v) is 15.1. The van der Waals surface area contributed by atoms with Gasteiger partial charge in [0.1, 0.15) is 17.4 Å². The Morgan fingerprint density at radius 3 is 2.58 bits per heavy atom. The molecule has 0 radical (unpaired) electrons. The Balaban J connectivity index is 2.39. The number of nitrogens with one attached hydrogen (secondary N) is 1. The van der Waals surface area contributed by atoms with Crippen LogP contribution in [-0.2, 0) is 14.1 Å². The Kier molecular flexibility index (Phi) is 4.26. The summed E-state index contributed by atoms with van der Waals surface area (Å²) in [5, 5.41) is 12.7. The summed E-state index contributed by atoms with van der Waals surface area (Å²) in [7, 11) is 4.40.